The van der Waals surface area contributed by atoms with Crippen molar-refractivity contribution >= 4 is 6.03 Å². The van der Waals surface area contributed by atoms with Crippen molar-refractivity contribution in [1.82, 2.24) is 10.2 Å². The molecule has 0 radical (unpaired) electrons. The minimum absolute atomic E-state index is 0.0299. The molecule has 2 fully saturated rings. The largest absolute Gasteiger partial charge is 0.335 e. The van der Waals surface area contributed by atoms with Gasteiger partial charge in [0.2, 0.25) is 0 Å². The van der Waals surface area contributed by atoms with E-state index in [0.717, 1.165) is 32.4 Å². The van der Waals surface area contributed by atoms with Crippen LogP contribution in [0.1, 0.15) is 52.4 Å². The number of hydrogen-bond acceptors (Lipinski definition) is 2. The maximum Gasteiger partial charge on any atom is 0.317 e. The third-order valence-corrected chi connectivity index (χ3v) is 4.53. The topological polar surface area (TPSA) is 58.4 Å². The molecule has 0 aromatic heterocycles. The van der Waals surface area contributed by atoms with Crippen LogP contribution >= 0.6 is 0 Å². The van der Waals surface area contributed by atoms with E-state index in [4.69, 9.17) is 5.73 Å². The molecule has 2 amide bonds. The fraction of sp³-hybridized carbons (Fsp3) is 0.929. The molecule has 2 rings (SSSR count). The fourth-order valence-corrected chi connectivity index (χ4v) is 3.06. The molecule has 0 aromatic carbocycles. The standard InChI is InChI=1S/C14H27N3O/c1-14(2)10-17(9-8-12(14)15)13(18)16-11-6-4-3-5-7-11/h11-12H,3-10,15H2,1-2H3,(H,16,18). The summed E-state index contributed by atoms with van der Waals surface area (Å²) in [4.78, 5) is 14.2. The lowest BCUT2D eigenvalue weighted by molar-refractivity contribution is 0.108. The molecule has 0 bridgehead atoms. The van der Waals surface area contributed by atoms with Crippen LogP contribution in [0, 0.1) is 5.41 Å². The molecule has 0 aromatic rings. The van der Waals surface area contributed by atoms with Gasteiger partial charge in [0.25, 0.3) is 0 Å². The molecule has 2 aliphatic rings. The number of carbonyl (C=O) groups excluding carboxylic acids is 1. The van der Waals surface area contributed by atoms with Crippen molar-refractivity contribution in [3.05, 3.63) is 0 Å². The van der Waals surface area contributed by atoms with E-state index in [-0.39, 0.29) is 17.5 Å². The SMILES string of the molecule is CC1(C)CN(C(=O)NC2CCCCC2)CCC1N. The average Bonchev–Trinajstić information content (AvgIpc) is 2.34. The Balaban J connectivity index is 1.85. The Hall–Kier alpha value is -0.770. The van der Waals surface area contributed by atoms with E-state index in [1.165, 1.54) is 19.3 Å². The minimum Gasteiger partial charge on any atom is -0.335 e. The summed E-state index contributed by atoms with van der Waals surface area (Å²) < 4.78 is 0. The summed E-state index contributed by atoms with van der Waals surface area (Å²) in [7, 11) is 0. The zero-order valence-electron chi connectivity index (χ0n) is 11.7. The molecule has 4 nitrogen and oxygen atoms in total. The molecule has 1 aliphatic carbocycles. The lowest BCUT2D eigenvalue weighted by Gasteiger charge is -2.43. The Morgan fingerprint density at radius 2 is 1.89 bits per heavy atom. The van der Waals surface area contributed by atoms with Gasteiger partial charge in [-0.15, -0.1) is 0 Å². The average molecular weight is 253 g/mol. The first-order valence-electron chi connectivity index (χ1n) is 7.30. The Labute approximate surface area is 110 Å². The second-order valence-electron chi connectivity index (χ2n) is 6.59. The molecule has 0 spiro atoms. The van der Waals surface area contributed by atoms with Crippen molar-refractivity contribution in [2.75, 3.05) is 13.1 Å². The van der Waals surface area contributed by atoms with Gasteiger partial charge in [0.1, 0.15) is 0 Å². The van der Waals surface area contributed by atoms with E-state index < -0.39 is 0 Å². The molecule has 18 heavy (non-hydrogen) atoms. The summed E-state index contributed by atoms with van der Waals surface area (Å²) in [5.74, 6) is 0. The van der Waals surface area contributed by atoms with E-state index >= 15 is 0 Å². The van der Waals surface area contributed by atoms with Crippen LogP contribution in [0.2, 0.25) is 0 Å². The van der Waals surface area contributed by atoms with Gasteiger partial charge in [-0.3, -0.25) is 0 Å². The highest BCUT2D eigenvalue weighted by Gasteiger charge is 2.35. The monoisotopic (exact) mass is 253 g/mol. The van der Waals surface area contributed by atoms with Crippen molar-refractivity contribution in [2.45, 2.75) is 64.5 Å². The lowest BCUT2D eigenvalue weighted by Crippen LogP contribution is -2.57. The van der Waals surface area contributed by atoms with Gasteiger partial charge in [-0.1, -0.05) is 33.1 Å². The summed E-state index contributed by atoms with van der Waals surface area (Å²) >= 11 is 0. The quantitative estimate of drug-likeness (QED) is 0.751. The maximum absolute atomic E-state index is 12.2. The number of urea groups is 1. The highest BCUT2D eigenvalue weighted by molar-refractivity contribution is 5.74. The Morgan fingerprint density at radius 3 is 2.50 bits per heavy atom. The van der Waals surface area contributed by atoms with Crippen LogP contribution in [0.5, 0.6) is 0 Å². The van der Waals surface area contributed by atoms with Gasteiger partial charge in [0.05, 0.1) is 0 Å². The van der Waals surface area contributed by atoms with Gasteiger partial charge < -0.3 is 16.0 Å². The number of piperidine rings is 1. The highest BCUT2D eigenvalue weighted by Crippen LogP contribution is 2.28. The third-order valence-electron chi connectivity index (χ3n) is 4.53. The van der Waals surface area contributed by atoms with Crippen LogP contribution in [0.4, 0.5) is 4.79 Å². The predicted octanol–water partition coefficient (Wildman–Crippen LogP) is 2.09. The van der Waals surface area contributed by atoms with E-state index in [0.29, 0.717) is 6.04 Å². The summed E-state index contributed by atoms with van der Waals surface area (Å²) in [6, 6.07) is 0.711. The Kier molecular flexibility index (Phi) is 4.15. The van der Waals surface area contributed by atoms with Crippen molar-refractivity contribution in [2.24, 2.45) is 11.1 Å². The molecule has 1 unspecified atom stereocenters. The number of rotatable bonds is 1. The summed E-state index contributed by atoms with van der Waals surface area (Å²) in [5, 5.41) is 3.19. The number of nitrogens with one attached hydrogen (secondary N) is 1. The van der Waals surface area contributed by atoms with Gasteiger partial charge in [0, 0.05) is 25.2 Å². The first-order valence-corrected chi connectivity index (χ1v) is 7.30. The summed E-state index contributed by atoms with van der Waals surface area (Å²) in [5.41, 5.74) is 6.13. The van der Waals surface area contributed by atoms with Crippen molar-refractivity contribution in [1.29, 1.82) is 0 Å². The predicted molar refractivity (Wildman–Crippen MR) is 73.4 cm³/mol. The fourth-order valence-electron chi connectivity index (χ4n) is 3.06. The number of likely N-dealkylation sites (tertiary alicyclic amines) is 1. The maximum atomic E-state index is 12.2. The molecule has 1 saturated carbocycles. The molecular formula is C14H27N3O. The van der Waals surface area contributed by atoms with Crippen LogP contribution in [0.3, 0.4) is 0 Å². The summed E-state index contributed by atoms with van der Waals surface area (Å²) in [6.45, 7) is 5.87. The summed E-state index contributed by atoms with van der Waals surface area (Å²) in [6.07, 6.45) is 7.01. The molecule has 4 heteroatoms. The lowest BCUT2D eigenvalue weighted by atomic mass is 9.80. The number of nitrogens with zero attached hydrogens (tertiary/aromatic N) is 1. The zero-order chi connectivity index (χ0) is 13.2. The van der Waals surface area contributed by atoms with E-state index in [1.807, 2.05) is 4.90 Å². The van der Waals surface area contributed by atoms with Gasteiger partial charge >= 0.3 is 6.03 Å². The van der Waals surface area contributed by atoms with Gasteiger partial charge in [-0.05, 0) is 24.7 Å². The zero-order valence-corrected chi connectivity index (χ0v) is 11.7. The first-order chi connectivity index (χ1) is 8.49. The second-order valence-corrected chi connectivity index (χ2v) is 6.59. The Morgan fingerprint density at radius 1 is 1.22 bits per heavy atom. The molecule has 1 atom stereocenters. The third kappa shape index (κ3) is 3.16. The van der Waals surface area contributed by atoms with Crippen LogP contribution in [0.25, 0.3) is 0 Å². The van der Waals surface area contributed by atoms with Crippen LogP contribution in [-0.2, 0) is 0 Å². The van der Waals surface area contributed by atoms with E-state index in [2.05, 4.69) is 19.2 Å². The number of hydrogen-bond donors (Lipinski definition) is 2. The van der Waals surface area contributed by atoms with Crippen LogP contribution in [-0.4, -0.2) is 36.1 Å². The first kappa shape index (κ1) is 13.7. The van der Waals surface area contributed by atoms with Gasteiger partial charge in [0.15, 0.2) is 0 Å². The number of amides is 2. The van der Waals surface area contributed by atoms with E-state index in [1.54, 1.807) is 0 Å². The highest BCUT2D eigenvalue weighted by atomic mass is 16.2. The molecule has 1 saturated heterocycles. The minimum atomic E-state index is 0.0299. The number of nitrogens with two attached hydrogens (primary N) is 1. The van der Waals surface area contributed by atoms with Crippen molar-refractivity contribution in [3.8, 4) is 0 Å². The van der Waals surface area contributed by atoms with E-state index in [9.17, 15) is 4.79 Å². The second kappa shape index (κ2) is 5.47. The Bertz CT molecular complexity index is 297. The van der Waals surface area contributed by atoms with Gasteiger partial charge in [-0.2, -0.15) is 0 Å². The van der Waals surface area contributed by atoms with Gasteiger partial charge in [-0.25, -0.2) is 4.79 Å². The molecule has 1 heterocycles. The molecule has 1 aliphatic heterocycles. The molecule has 3 N–H and O–H groups in total. The molecule has 104 valence electrons. The van der Waals surface area contributed by atoms with Crippen molar-refractivity contribution < 1.29 is 4.79 Å². The number of carbonyl (C=O) groups is 1. The van der Waals surface area contributed by atoms with Crippen LogP contribution in [0.15, 0.2) is 0 Å². The molecular weight excluding hydrogens is 226 g/mol. The normalized spacial score (nSPS) is 29.1. The smallest absolute Gasteiger partial charge is 0.317 e. The van der Waals surface area contributed by atoms with Crippen molar-refractivity contribution in [3.63, 3.8) is 0 Å². The van der Waals surface area contributed by atoms with Crippen LogP contribution < -0.4 is 11.1 Å².